The molecule has 0 fully saturated rings. The number of aromatic hydroxyl groups is 2. The molecule has 0 unspecified atom stereocenters. The Labute approximate surface area is 166 Å². The van der Waals surface area contributed by atoms with Crippen LogP contribution < -0.4 is 17.0 Å². The highest BCUT2D eigenvalue weighted by Crippen LogP contribution is 2.37. The number of ketones is 2. The third-order valence-electron chi connectivity index (χ3n) is 4.13. The summed E-state index contributed by atoms with van der Waals surface area (Å²) in [6, 6.07) is 7.08. The first-order valence-electron chi connectivity index (χ1n) is 8.21. The molecule has 1 heterocycles. The molecule has 0 aliphatic heterocycles. The second kappa shape index (κ2) is 7.39. The minimum absolute atomic E-state index is 0.0190. The van der Waals surface area contributed by atoms with E-state index in [0.29, 0.717) is 0 Å². The number of nitrogens with one attached hydrogen (secondary N) is 2. The van der Waals surface area contributed by atoms with Crippen molar-refractivity contribution in [3.8, 4) is 11.5 Å². The van der Waals surface area contributed by atoms with Crippen LogP contribution in [0, 0.1) is 0 Å². The lowest BCUT2D eigenvalue weighted by Gasteiger charge is -2.19. The van der Waals surface area contributed by atoms with Gasteiger partial charge >= 0.3 is 11.7 Å². The van der Waals surface area contributed by atoms with Gasteiger partial charge in [-0.2, -0.15) is 0 Å². The number of aromatic carboxylic acids is 1. The molecule has 0 bridgehead atoms. The van der Waals surface area contributed by atoms with Gasteiger partial charge in [0.15, 0.2) is 5.78 Å². The lowest BCUT2D eigenvalue weighted by Crippen LogP contribution is -2.22. The van der Waals surface area contributed by atoms with E-state index in [-0.39, 0.29) is 39.4 Å². The van der Waals surface area contributed by atoms with Crippen molar-refractivity contribution in [1.29, 1.82) is 0 Å². The molecule has 0 saturated heterocycles. The zero-order valence-electron chi connectivity index (χ0n) is 14.9. The average Bonchev–Trinajstić information content (AvgIpc) is 2.64. The second-order valence-corrected chi connectivity index (χ2v) is 6.12. The summed E-state index contributed by atoms with van der Waals surface area (Å²) in [7, 11) is 0. The Morgan fingerprint density at radius 1 is 0.833 bits per heavy atom. The van der Waals surface area contributed by atoms with Crippen LogP contribution in [0.25, 0.3) is 0 Å². The van der Waals surface area contributed by atoms with Gasteiger partial charge in [0.2, 0.25) is 5.78 Å². The number of hydrogen-bond donors (Lipinski definition) is 6. The van der Waals surface area contributed by atoms with E-state index in [1.54, 1.807) is 0 Å². The van der Waals surface area contributed by atoms with Gasteiger partial charge in [0.1, 0.15) is 17.3 Å². The maximum absolute atomic E-state index is 12.4. The van der Waals surface area contributed by atoms with Gasteiger partial charge in [-0.05, 0) is 18.2 Å². The van der Waals surface area contributed by atoms with Crippen molar-refractivity contribution in [2.45, 2.75) is 0 Å². The van der Waals surface area contributed by atoms with Crippen LogP contribution in [0.3, 0.4) is 0 Å². The first-order chi connectivity index (χ1) is 14.1. The quantitative estimate of drug-likeness (QED) is 0.253. The summed E-state index contributed by atoms with van der Waals surface area (Å²) in [6.45, 7) is 0. The summed E-state index contributed by atoms with van der Waals surface area (Å²) in [6.07, 6.45) is 0. The van der Waals surface area contributed by atoms with Crippen molar-refractivity contribution in [2.75, 3.05) is 5.73 Å². The minimum atomic E-state index is -1.32. The maximum Gasteiger partial charge on any atom is 0.335 e. The fraction of sp³-hybridized carbons (Fsp3) is 0. The summed E-state index contributed by atoms with van der Waals surface area (Å²) in [5, 5.41) is 28.6. The first-order valence-corrected chi connectivity index (χ1v) is 8.21. The lowest BCUT2D eigenvalue weighted by molar-refractivity contribution is 0.0695. The Morgan fingerprint density at radius 2 is 1.50 bits per heavy atom. The smallest absolute Gasteiger partial charge is 0.335 e. The largest absolute Gasteiger partial charge is 0.507 e. The van der Waals surface area contributed by atoms with E-state index in [9.17, 15) is 34.2 Å². The number of carbonyl (C=O) groups excluding carboxylic acids is 2. The van der Waals surface area contributed by atoms with Crippen molar-refractivity contribution in [3.05, 3.63) is 85.1 Å². The predicted octanol–water partition coefficient (Wildman–Crippen LogP) is 0.217. The van der Waals surface area contributed by atoms with E-state index in [1.807, 2.05) is 4.98 Å². The van der Waals surface area contributed by atoms with Crippen LogP contribution in [0.5, 0.6) is 11.5 Å². The Hall–Kier alpha value is -4.67. The van der Waals surface area contributed by atoms with Gasteiger partial charge in [-0.25, -0.2) is 9.59 Å². The number of H-pyrrole nitrogens is 2. The molecular formula is C19H13N3O8. The number of nitrogens with two attached hydrogens (primary N) is 1. The number of benzene rings is 2. The summed E-state index contributed by atoms with van der Waals surface area (Å²) >= 11 is 0. The molecule has 152 valence electrons. The molecule has 11 nitrogen and oxygen atoms in total. The van der Waals surface area contributed by atoms with Crippen molar-refractivity contribution < 1.29 is 29.7 Å². The number of aromatic amines is 2. The lowest BCUT2D eigenvalue weighted by atomic mass is 9.82. The number of carboxylic acids is 1. The standard InChI is InChI=1S/C15H8O6.C4H5N3O2/c16-9-3-1-2-7-11(9)14(19)12-8(13(7)18)4-6(15(20)21)5-10(12)17;5-2-1-3(8)7-4(9)6-2/h1-5,16-17H,(H,20,21);1H,(H4,5,6,7,8,9). The Balaban J connectivity index is 0.000000239. The van der Waals surface area contributed by atoms with Crippen molar-refractivity contribution in [1.82, 2.24) is 9.97 Å². The fourth-order valence-electron chi connectivity index (χ4n) is 2.89. The average molecular weight is 411 g/mol. The summed E-state index contributed by atoms with van der Waals surface area (Å²) < 4.78 is 0. The SMILES string of the molecule is Nc1cc(=O)[nH]c(=O)[nH]1.O=C(O)c1cc(O)c2c(c1)C(=O)c1cccc(O)c1C2=O. The first kappa shape index (κ1) is 20.1. The number of nitrogen functional groups attached to an aromatic ring is 1. The van der Waals surface area contributed by atoms with E-state index < -0.39 is 34.5 Å². The number of fused-ring (bicyclic) bond motifs is 2. The monoisotopic (exact) mass is 411 g/mol. The second-order valence-electron chi connectivity index (χ2n) is 6.12. The minimum Gasteiger partial charge on any atom is -0.507 e. The molecule has 4 rings (SSSR count). The molecule has 2 aromatic carbocycles. The number of phenols is 2. The third-order valence-corrected chi connectivity index (χ3v) is 4.13. The number of aromatic nitrogens is 2. The highest BCUT2D eigenvalue weighted by Gasteiger charge is 2.34. The van der Waals surface area contributed by atoms with E-state index in [4.69, 9.17) is 10.8 Å². The van der Waals surface area contributed by atoms with Crippen LogP contribution in [0.2, 0.25) is 0 Å². The maximum atomic E-state index is 12.4. The summed E-state index contributed by atoms with van der Waals surface area (Å²) in [5.74, 6) is -3.55. The highest BCUT2D eigenvalue weighted by atomic mass is 16.4. The molecule has 7 N–H and O–H groups in total. The number of carboxylic acid groups (broad SMARTS) is 1. The summed E-state index contributed by atoms with van der Waals surface area (Å²) in [4.78, 5) is 60.5. The Morgan fingerprint density at radius 3 is 2.10 bits per heavy atom. The number of anilines is 1. The zero-order chi connectivity index (χ0) is 22.2. The van der Waals surface area contributed by atoms with E-state index in [1.165, 1.54) is 18.2 Å². The fourth-order valence-corrected chi connectivity index (χ4v) is 2.89. The summed E-state index contributed by atoms with van der Waals surface area (Å²) in [5.41, 5.74) is 3.03. The van der Waals surface area contributed by atoms with Gasteiger partial charge in [0.25, 0.3) is 5.56 Å². The highest BCUT2D eigenvalue weighted by molar-refractivity contribution is 6.30. The van der Waals surface area contributed by atoms with E-state index in [0.717, 1.165) is 18.2 Å². The molecule has 30 heavy (non-hydrogen) atoms. The molecule has 0 atom stereocenters. The van der Waals surface area contributed by atoms with Gasteiger partial charge in [-0.3, -0.25) is 24.4 Å². The van der Waals surface area contributed by atoms with Gasteiger partial charge in [-0.15, -0.1) is 0 Å². The molecular weight excluding hydrogens is 398 g/mol. The Kier molecular flexibility index (Phi) is 4.95. The molecule has 1 aliphatic rings. The number of hydrogen-bond acceptors (Lipinski definition) is 8. The van der Waals surface area contributed by atoms with E-state index in [2.05, 4.69) is 4.98 Å². The molecule has 0 spiro atoms. The molecule has 1 aliphatic carbocycles. The number of rotatable bonds is 1. The van der Waals surface area contributed by atoms with Crippen molar-refractivity contribution >= 4 is 23.4 Å². The topological polar surface area (TPSA) is 204 Å². The van der Waals surface area contributed by atoms with Gasteiger partial charge in [0, 0.05) is 17.2 Å². The molecule has 3 aromatic rings. The number of carbonyl (C=O) groups is 3. The van der Waals surface area contributed by atoms with Crippen molar-refractivity contribution in [2.24, 2.45) is 0 Å². The van der Waals surface area contributed by atoms with Crippen LogP contribution in [0.15, 0.2) is 46.0 Å². The molecule has 1 aromatic heterocycles. The normalized spacial score (nSPS) is 11.7. The van der Waals surface area contributed by atoms with Crippen LogP contribution in [-0.4, -0.2) is 42.8 Å². The molecule has 11 heteroatoms. The predicted molar refractivity (Wildman–Crippen MR) is 102 cm³/mol. The van der Waals surface area contributed by atoms with Crippen LogP contribution in [-0.2, 0) is 0 Å². The van der Waals surface area contributed by atoms with Crippen molar-refractivity contribution in [3.63, 3.8) is 0 Å². The van der Waals surface area contributed by atoms with Crippen LogP contribution in [0.4, 0.5) is 5.82 Å². The van der Waals surface area contributed by atoms with E-state index >= 15 is 0 Å². The zero-order valence-corrected chi connectivity index (χ0v) is 14.9. The number of phenolic OH excluding ortho intramolecular Hbond substituents is 2. The Bertz CT molecular complexity index is 1310. The van der Waals surface area contributed by atoms with Crippen LogP contribution in [0.1, 0.15) is 42.2 Å². The van der Waals surface area contributed by atoms with Crippen LogP contribution >= 0.6 is 0 Å². The molecule has 0 radical (unpaired) electrons. The van der Waals surface area contributed by atoms with Gasteiger partial charge in [0.05, 0.1) is 16.7 Å². The molecule has 0 saturated carbocycles. The molecule has 0 amide bonds. The third kappa shape index (κ3) is 3.54. The van der Waals surface area contributed by atoms with Gasteiger partial charge in [-0.1, -0.05) is 12.1 Å². The van der Waals surface area contributed by atoms with Gasteiger partial charge < -0.3 is 21.1 Å².